The van der Waals surface area contributed by atoms with Crippen molar-refractivity contribution in [3.8, 4) is 22.6 Å². The lowest BCUT2D eigenvalue weighted by Gasteiger charge is -2.31. The molecule has 0 bridgehead atoms. The molecule has 3 aromatic rings. The third kappa shape index (κ3) is 1.85. The molecule has 1 fully saturated rings. The van der Waals surface area contributed by atoms with Crippen molar-refractivity contribution in [3.63, 3.8) is 0 Å². The van der Waals surface area contributed by atoms with E-state index in [4.69, 9.17) is 4.74 Å². The van der Waals surface area contributed by atoms with Gasteiger partial charge in [0.1, 0.15) is 11.5 Å². The smallest absolute Gasteiger partial charge is 0.123 e. The molecule has 2 nitrogen and oxygen atoms in total. The van der Waals surface area contributed by atoms with Gasteiger partial charge in [-0.25, -0.2) is 0 Å². The molecule has 120 valence electrons. The van der Waals surface area contributed by atoms with Gasteiger partial charge in [-0.15, -0.1) is 0 Å². The Hall–Kier alpha value is -2.13. The van der Waals surface area contributed by atoms with Crippen LogP contribution in [0.15, 0.2) is 48.5 Å². The molecule has 1 aliphatic carbocycles. The maximum absolute atomic E-state index is 10.7. The van der Waals surface area contributed by atoms with Crippen LogP contribution in [0.5, 0.6) is 11.5 Å². The molecule has 0 amide bonds. The zero-order chi connectivity index (χ0) is 16.3. The van der Waals surface area contributed by atoms with E-state index in [1.165, 1.54) is 28.0 Å². The summed E-state index contributed by atoms with van der Waals surface area (Å²) in [7, 11) is 1.66. The predicted octanol–water partition coefficient (Wildman–Crippen LogP) is 5.15. The van der Waals surface area contributed by atoms with Gasteiger partial charge in [-0.05, 0) is 51.9 Å². The molecule has 1 saturated heterocycles. The van der Waals surface area contributed by atoms with Crippen LogP contribution < -0.4 is 4.74 Å². The fraction of sp³-hybridized carbons (Fsp3) is 0.238. The Bertz CT molecular complexity index is 963. The SMILES string of the molecule is COc1ccc2c3c(cc(O)c2c1)C1CSCC1c1ccccc1-3. The van der Waals surface area contributed by atoms with Crippen molar-refractivity contribution in [2.75, 3.05) is 18.6 Å². The predicted molar refractivity (Wildman–Crippen MR) is 100 cm³/mol. The lowest BCUT2D eigenvalue weighted by Crippen LogP contribution is -2.16. The highest BCUT2D eigenvalue weighted by Gasteiger charge is 2.38. The number of rotatable bonds is 1. The summed E-state index contributed by atoms with van der Waals surface area (Å²) in [5.41, 5.74) is 5.39. The van der Waals surface area contributed by atoms with Crippen LogP contribution in [0.3, 0.4) is 0 Å². The lowest BCUT2D eigenvalue weighted by atomic mass is 9.72. The fourth-order valence-electron chi connectivity index (χ4n) is 4.34. The third-order valence-electron chi connectivity index (χ3n) is 5.46. The number of hydrogen-bond acceptors (Lipinski definition) is 3. The second-order valence-corrected chi connectivity index (χ2v) is 7.68. The summed E-state index contributed by atoms with van der Waals surface area (Å²) >= 11 is 2.02. The number of thioether (sulfide) groups is 1. The van der Waals surface area contributed by atoms with Crippen LogP contribution in [0.1, 0.15) is 23.0 Å². The molecule has 2 atom stereocenters. The molecular weight excluding hydrogens is 316 g/mol. The number of fused-ring (bicyclic) bond motifs is 8. The van der Waals surface area contributed by atoms with E-state index in [2.05, 4.69) is 30.3 Å². The van der Waals surface area contributed by atoms with Crippen molar-refractivity contribution in [2.24, 2.45) is 0 Å². The molecule has 3 aromatic carbocycles. The molecular formula is C21H18O2S. The number of methoxy groups -OCH3 is 1. The zero-order valence-electron chi connectivity index (χ0n) is 13.5. The van der Waals surface area contributed by atoms with Gasteiger partial charge in [0, 0.05) is 28.7 Å². The van der Waals surface area contributed by atoms with Crippen molar-refractivity contribution < 1.29 is 9.84 Å². The van der Waals surface area contributed by atoms with Gasteiger partial charge in [0.15, 0.2) is 0 Å². The summed E-state index contributed by atoms with van der Waals surface area (Å²) in [6.45, 7) is 0. The zero-order valence-corrected chi connectivity index (χ0v) is 14.3. The van der Waals surface area contributed by atoms with E-state index in [1.54, 1.807) is 7.11 Å². The normalized spacial score (nSPS) is 21.2. The summed E-state index contributed by atoms with van der Waals surface area (Å²) in [6.07, 6.45) is 0. The van der Waals surface area contributed by atoms with E-state index in [1.807, 2.05) is 30.0 Å². The van der Waals surface area contributed by atoms with Gasteiger partial charge in [0.25, 0.3) is 0 Å². The summed E-state index contributed by atoms with van der Waals surface area (Å²) in [5.74, 6) is 4.50. The molecule has 24 heavy (non-hydrogen) atoms. The van der Waals surface area contributed by atoms with Gasteiger partial charge in [0.2, 0.25) is 0 Å². The van der Waals surface area contributed by atoms with Crippen molar-refractivity contribution in [2.45, 2.75) is 11.8 Å². The van der Waals surface area contributed by atoms with Gasteiger partial charge in [-0.3, -0.25) is 0 Å². The molecule has 2 aliphatic rings. The highest BCUT2D eigenvalue weighted by molar-refractivity contribution is 7.99. The molecule has 1 aliphatic heterocycles. The van der Waals surface area contributed by atoms with Crippen LogP contribution >= 0.6 is 11.8 Å². The summed E-state index contributed by atoms with van der Waals surface area (Å²) in [5, 5.41) is 12.6. The molecule has 0 aromatic heterocycles. The molecule has 0 saturated carbocycles. The van der Waals surface area contributed by atoms with E-state index in [0.717, 1.165) is 22.3 Å². The van der Waals surface area contributed by atoms with Gasteiger partial charge in [-0.1, -0.05) is 24.3 Å². The first-order valence-corrected chi connectivity index (χ1v) is 9.44. The van der Waals surface area contributed by atoms with Crippen LogP contribution in [0.4, 0.5) is 0 Å². The summed E-state index contributed by atoms with van der Waals surface area (Å²) in [6, 6.07) is 16.8. The van der Waals surface area contributed by atoms with Crippen LogP contribution in [-0.4, -0.2) is 23.7 Å². The van der Waals surface area contributed by atoms with E-state index in [-0.39, 0.29) is 0 Å². The Morgan fingerprint density at radius 2 is 1.75 bits per heavy atom. The summed E-state index contributed by atoms with van der Waals surface area (Å²) < 4.78 is 5.35. The molecule has 1 heterocycles. The standard InChI is InChI=1S/C21H18O2S/c1-23-12-6-7-15-16(8-12)20(22)9-17-19-11-24-10-18(19)13-4-2-3-5-14(13)21(15)17/h2-9,18-19,22H,10-11H2,1H3. The molecule has 0 radical (unpaired) electrons. The topological polar surface area (TPSA) is 29.5 Å². The molecule has 3 heteroatoms. The van der Waals surface area contributed by atoms with Crippen molar-refractivity contribution in [1.29, 1.82) is 0 Å². The number of phenolic OH excluding ortho intramolecular Hbond substituents is 1. The molecule has 5 rings (SSSR count). The first-order chi connectivity index (χ1) is 11.8. The molecule has 0 spiro atoms. The van der Waals surface area contributed by atoms with E-state index < -0.39 is 0 Å². The summed E-state index contributed by atoms with van der Waals surface area (Å²) in [4.78, 5) is 0. The van der Waals surface area contributed by atoms with E-state index in [0.29, 0.717) is 17.6 Å². The number of benzene rings is 3. The average molecular weight is 334 g/mol. The third-order valence-corrected chi connectivity index (χ3v) is 6.65. The number of aromatic hydroxyl groups is 1. The van der Waals surface area contributed by atoms with E-state index >= 15 is 0 Å². The maximum atomic E-state index is 10.7. The van der Waals surface area contributed by atoms with Gasteiger partial charge in [-0.2, -0.15) is 11.8 Å². The van der Waals surface area contributed by atoms with Crippen LogP contribution in [0, 0.1) is 0 Å². The Kier molecular flexibility index (Phi) is 3.07. The number of ether oxygens (including phenoxy) is 1. The minimum Gasteiger partial charge on any atom is -0.507 e. The lowest BCUT2D eigenvalue weighted by molar-refractivity contribution is 0.415. The second kappa shape index (κ2) is 5.18. The Morgan fingerprint density at radius 1 is 0.958 bits per heavy atom. The van der Waals surface area contributed by atoms with E-state index in [9.17, 15) is 5.11 Å². The minimum atomic E-state index is 0.359. The van der Waals surface area contributed by atoms with Crippen LogP contribution in [0.2, 0.25) is 0 Å². The highest BCUT2D eigenvalue weighted by Crippen LogP contribution is 2.55. The van der Waals surface area contributed by atoms with Crippen LogP contribution in [0.25, 0.3) is 21.9 Å². The van der Waals surface area contributed by atoms with Crippen molar-refractivity contribution >= 4 is 22.5 Å². The molecule has 1 N–H and O–H groups in total. The Morgan fingerprint density at radius 3 is 2.58 bits per heavy atom. The minimum absolute atomic E-state index is 0.359. The maximum Gasteiger partial charge on any atom is 0.123 e. The quantitative estimate of drug-likeness (QED) is 0.667. The van der Waals surface area contributed by atoms with Gasteiger partial charge in [0.05, 0.1) is 7.11 Å². The number of hydrogen-bond donors (Lipinski definition) is 1. The largest absolute Gasteiger partial charge is 0.507 e. The molecule has 2 unspecified atom stereocenters. The van der Waals surface area contributed by atoms with Gasteiger partial charge >= 0.3 is 0 Å². The van der Waals surface area contributed by atoms with Crippen molar-refractivity contribution in [3.05, 3.63) is 59.7 Å². The Balaban J connectivity index is 1.90. The monoisotopic (exact) mass is 334 g/mol. The number of phenols is 1. The van der Waals surface area contributed by atoms with Gasteiger partial charge < -0.3 is 9.84 Å². The first kappa shape index (κ1) is 14.2. The van der Waals surface area contributed by atoms with Crippen LogP contribution in [-0.2, 0) is 0 Å². The second-order valence-electron chi connectivity index (χ2n) is 6.61. The first-order valence-electron chi connectivity index (χ1n) is 8.28. The fourth-order valence-corrected chi connectivity index (χ4v) is 5.81. The average Bonchev–Trinajstić information content (AvgIpc) is 3.12. The Labute approximate surface area is 145 Å². The van der Waals surface area contributed by atoms with Crippen molar-refractivity contribution in [1.82, 2.24) is 0 Å². The highest BCUT2D eigenvalue weighted by atomic mass is 32.2.